The summed E-state index contributed by atoms with van der Waals surface area (Å²) in [5.41, 5.74) is 3.39. The Bertz CT molecular complexity index is 922. The first-order valence-electron chi connectivity index (χ1n) is 9.44. The van der Waals surface area contributed by atoms with Crippen LogP contribution in [0.2, 0.25) is 0 Å². The zero-order valence-electron chi connectivity index (χ0n) is 16.0. The maximum Gasteiger partial charge on any atom is 0.241 e. The molecule has 0 radical (unpaired) electrons. The molecule has 0 spiro atoms. The SMILES string of the molecule is COc1ccc(N2CCN(Cc3ccccc3Cn3cccn3)CC2=O)cc1. The summed E-state index contributed by atoms with van der Waals surface area (Å²) in [6, 6.07) is 18.0. The van der Waals surface area contributed by atoms with Crippen LogP contribution in [0.1, 0.15) is 11.1 Å². The third-order valence-electron chi connectivity index (χ3n) is 5.09. The fourth-order valence-electron chi connectivity index (χ4n) is 3.57. The number of hydrogen-bond acceptors (Lipinski definition) is 4. The lowest BCUT2D eigenvalue weighted by Gasteiger charge is -2.34. The van der Waals surface area contributed by atoms with E-state index in [4.69, 9.17) is 4.74 Å². The third-order valence-corrected chi connectivity index (χ3v) is 5.09. The second kappa shape index (κ2) is 8.27. The van der Waals surface area contributed by atoms with Crippen molar-refractivity contribution in [2.24, 2.45) is 0 Å². The molecule has 28 heavy (non-hydrogen) atoms. The van der Waals surface area contributed by atoms with Gasteiger partial charge in [0.2, 0.25) is 5.91 Å². The molecule has 1 fully saturated rings. The van der Waals surface area contributed by atoms with Crippen LogP contribution in [0.4, 0.5) is 5.69 Å². The Morgan fingerprint density at radius 3 is 2.36 bits per heavy atom. The van der Waals surface area contributed by atoms with Gasteiger partial charge in [0, 0.05) is 37.7 Å². The van der Waals surface area contributed by atoms with E-state index in [-0.39, 0.29) is 5.91 Å². The van der Waals surface area contributed by atoms with E-state index in [0.717, 1.165) is 31.1 Å². The molecule has 1 saturated heterocycles. The maximum absolute atomic E-state index is 12.7. The van der Waals surface area contributed by atoms with Gasteiger partial charge in [0.1, 0.15) is 5.75 Å². The van der Waals surface area contributed by atoms with Crippen molar-refractivity contribution >= 4 is 11.6 Å². The second-order valence-corrected chi connectivity index (χ2v) is 6.93. The van der Waals surface area contributed by atoms with Gasteiger partial charge in [-0.3, -0.25) is 14.4 Å². The Balaban J connectivity index is 1.42. The van der Waals surface area contributed by atoms with Gasteiger partial charge in [-0.25, -0.2) is 0 Å². The number of anilines is 1. The smallest absolute Gasteiger partial charge is 0.241 e. The summed E-state index contributed by atoms with van der Waals surface area (Å²) in [4.78, 5) is 16.8. The minimum absolute atomic E-state index is 0.126. The minimum Gasteiger partial charge on any atom is -0.497 e. The summed E-state index contributed by atoms with van der Waals surface area (Å²) in [5.74, 6) is 0.921. The minimum atomic E-state index is 0.126. The highest BCUT2D eigenvalue weighted by Gasteiger charge is 2.25. The Labute approximate surface area is 164 Å². The number of benzene rings is 2. The molecule has 1 amide bonds. The highest BCUT2D eigenvalue weighted by atomic mass is 16.5. The molecular weight excluding hydrogens is 352 g/mol. The summed E-state index contributed by atoms with van der Waals surface area (Å²) in [6.45, 7) is 3.45. The van der Waals surface area contributed by atoms with Crippen LogP contribution in [0.3, 0.4) is 0 Å². The lowest BCUT2D eigenvalue weighted by atomic mass is 10.1. The third kappa shape index (κ3) is 4.07. The molecule has 0 aliphatic carbocycles. The van der Waals surface area contributed by atoms with Crippen molar-refractivity contribution in [1.29, 1.82) is 0 Å². The number of aromatic nitrogens is 2. The molecule has 144 valence electrons. The standard InChI is InChI=1S/C22H24N4O2/c1-28-21-9-7-20(8-10-21)26-14-13-24(17-22(26)27)15-18-5-2-3-6-19(18)16-25-12-4-11-23-25/h2-12H,13-17H2,1H3. The van der Waals surface area contributed by atoms with Gasteiger partial charge in [-0.2, -0.15) is 5.10 Å². The van der Waals surface area contributed by atoms with Crippen LogP contribution in [0, 0.1) is 0 Å². The molecule has 6 nitrogen and oxygen atoms in total. The Hall–Kier alpha value is -3.12. The van der Waals surface area contributed by atoms with Crippen molar-refractivity contribution in [3.8, 4) is 5.75 Å². The number of ether oxygens (including phenoxy) is 1. The zero-order valence-corrected chi connectivity index (χ0v) is 16.0. The Morgan fingerprint density at radius 2 is 1.71 bits per heavy atom. The molecule has 4 rings (SSSR count). The molecule has 1 aliphatic heterocycles. The first-order valence-corrected chi connectivity index (χ1v) is 9.44. The second-order valence-electron chi connectivity index (χ2n) is 6.93. The van der Waals surface area contributed by atoms with E-state index in [1.54, 1.807) is 13.3 Å². The molecule has 3 aromatic rings. The van der Waals surface area contributed by atoms with E-state index in [2.05, 4.69) is 34.3 Å². The molecular formula is C22H24N4O2. The molecule has 0 unspecified atom stereocenters. The fraction of sp³-hybridized carbons (Fsp3) is 0.273. The van der Waals surface area contributed by atoms with Crippen molar-refractivity contribution in [2.45, 2.75) is 13.1 Å². The number of rotatable bonds is 6. The van der Waals surface area contributed by atoms with Crippen LogP contribution in [-0.4, -0.2) is 47.3 Å². The van der Waals surface area contributed by atoms with Crippen molar-refractivity contribution < 1.29 is 9.53 Å². The molecule has 1 aromatic heterocycles. The first-order chi connectivity index (χ1) is 13.7. The van der Waals surface area contributed by atoms with Crippen LogP contribution >= 0.6 is 0 Å². The number of nitrogens with zero attached hydrogens (tertiary/aromatic N) is 4. The summed E-state index contributed by atoms with van der Waals surface area (Å²) in [7, 11) is 1.64. The summed E-state index contributed by atoms with van der Waals surface area (Å²) in [6.07, 6.45) is 3.76. The predicted octanol–water partition coefficient (Wildman–Crippen LogP) is 2.79. The quantitative estimate of drug-likeness (QED) is 0.664. The number of carbonyl (C=O) groups is 1. The number of amides is 1. The lowest BCUT2D eigenvalue weighted by Crippen LogP contribution is -2.50. The Kier molecular flexibility index (Phi) is 5.39. The van der Waals surface area contributed by atoms with Gasteiger partial charge in [0.25, 0.3) is 0 Å². The van der Waals surface area contributed by atoms with Gasteiger partial charge < -0.3 is 9.64 Å². The van der Waals surface area contributed by atoms with Crippen LogP contribution < -0.4 is 9.64 Å². The highest BCUT2D eigenvalue weighted by Crippen LogP contribution is 2.22. The van der Waals surface area contributed by atoms with Crippen molar-refractivity contribution in [3.63, 3.8) is 0 Å². The number of carbonyl (C=O) groups excluding carboxylic acids is 1. The monoisotopic (exact) mass is 376 g/mol. The van der Waals surface area contributed by atoms with Crippen molar-refractivity contribution in [3.05, 3.63) is 78.1 Å². The Morgan fingerprint density at radius 1 is 0.964 bits per heavy atom. The molecule has 1 aliphatic rings. The molecule has 6 heteroatoms. The van der Waals surface area contributed by atoms with E-state index in [1.165, 1.54) is 11.1 Å². The van der Waals surface area contributed by atoms with Gasteiger partial charge in [0.05, 0.1) is 20.2 Å². The molecule has 0 N–H and O–H groups in total. The highest BCUT2D eigenvalue weighted by molar-refractivity contribution is 5.95. The molecule has 2 aromatic carbocycles. The number of hydrogen-bond donors (Lipinski definition) is 0. The average Bonchev–Trinajstić information content (AvgIpc) is 3.23. The van der Waals surface area contributed by atoms with Gasteiger partial charge in [-0.1, -0.05) is 24.3 Å². The van der Waals surface area contributed by atoms with Crippen molar-refractivity contribution in [2.75, 3.05) is 31.6 Å². The summed E-state index contributed by atoms with van der Waals surface area (Å²) < 4.78 is 7.12. The van der Waals surface area contributed by atoms with E-state index >= 15 is 0 Å². The van der Waals surface area contributed by atoms with Crippen LogP contribution in [0.5, 0.6) is 5.75 Å². The van der Waals surface area contributed by atoms with E-state index in [9.17, 15) is 4.79 Å². The molecule has 0 saturated carbocycles. The van der Waals surface area contributed by atoms with E-state index in [0.29, 0.717) is 13.1 Å². The van der Waals surface area contributed by atoms with E-state index in [1.807, 2.05) is 46.1 Å². The number of piperazine rings is 1. The van der Waals surface area contributed by atoms with Gasteiger partial charge in [-0.15, -0.1) is 0 Å². The normalized spacial score (nSPS) is 15.0. The van der Waals surface area contributed by atoms with Crippen LogP contribution in [-0.2, 0) is 17.9 Å². The van der Waals surface area contributed by atoms with Gasteiger partial charge >= 0.3 is 0 Å². The topological polar surface area (TPSA) is 50.6 Å². The zero-order chi connectivity index (χ0) is 19.3. The lowest BCUT2D eigenvalue weighted by molar-refractivity contribution is -0.121. The molecule has 2 heterocycles. The average molecular weight is 376 g/mol. The first kappa shape index (κ1) is 18.3. The van der Waals surface area contributed by atoms with Gasteiger partial charge in [0.15, 0.2) is 0 Å². The summed E-state index contributed by atoms with van der Waals surface area (Å²) in [5, 5.41) is 4.30. The molecule has 0 atom stereocenters. The van der Waals surface area contributed by atoms with Crippen LogP contribution in [0.25, 0.3) is 0 Å². The van der Waals surface area contributed by atoms with Gasteiger partial charge in [-0.05, 0) is 41.5 Å². The predicted molar refractivity (Wildman–Crippen MR) is 108 cm³/mol. The van der Waals surface area contributed by atoms with Crippen LogP contribution in [0.15, 0.2) is 67.0 Å². The largest absolute Gasteiger partial charge is 0.497 e. The maximum atomic E-state index is 12.7. The fourth-order valence-corrected chi connectivity index (χ4v) is 3.57. The van der Waals surface area contributed by atoms with Crippen molar-refractivity contribution in [1.82, 2.24) is 14.7 Å². The summed E-state index contributed by atoms with van der Waals surface area (Å²) >= 11 is 0. The number of methoxy groups -OCH3 is 1. The van der Waals surface area contributed by atoms with E-state index < -0.39 is 0 Å². The molecule has 0 bridgehead atoms.